The molecule has 0 N–H and O–H groups in total. The van der Waals surface area contributed by atoms with Gasteiger partial charge in [0, 0.05) is 19.9 Å². The summed E-state index contributed by atoms with van der Waals surface area (Å²) in [4.78, 5) is 22.5. The van der Waals surface area contributed by atoms with E-state index in [1.807, 2.05) is 27.7 Å². The first-order valence-corrected chi connectivity index (χ1v) is 8.13. The molecule has 0 atom stereocenters. The van der Waals surface area contributed by atoms with Gasteiger partial charge >= 0.3 is 8.80 Å². The number of carbonyl (C=O) groups excluding carboxylic acids is 2. The molecule has 0 aliphatic heterocycles. The molecule has 0 aromatic rings. The quantitative estimate of drug-likeness (QED) is 0.698. The Bertz CT molecular complexity index is 279. The van der Waals surface area contributed by atoms with Gasteiger partial charge in [-0.15, -0.1) is 0 Å². The summed E-state index contributed by atoms with van der Waals surface area (Å²) in [6.07, 6.45) is 1.69. The lowest BCUT2D eigenvalue weighted by Gasteiger charge is -2.33. The SMILES string of the molecule is CCCC[Si](OC(C)=O)(OC(C)=O)OC(C)(C)C. The van der Waals surface area contributed by atoms with Crippen LogP contribution >= 0.6 is 0 Å². The van der Waals surface area contributed by atoms with Gasteiger partial charge in [0.15, 0.2) is 0 Å². The molecule has 0 radical (unpaired) electrons. The molecule has 0 aliphatic carbocycles. The molecule has 0 amide bonds. The van der Waals surface area contributed by atoms with Crippen molar-refractivity contribution in [1.82, 2.24) is 0 Å². The fourth-order valence-electron chi connectivity index (χ4n) is 1.51. The van der Waals surface area contributed by atoms with Crippen LogP contribution in [0.3, 0.4) is 0 Å². The van der Waals surface area contributed by atoms with Crippen LogP contribution in [0.4, 0.5) is 0 Å². The maximum absolute atomic E-state index is 11.2. The Morgan fingerprint density at radius 3 is 1.78 bits per heavy atom. The van der Waals surface area contributed by atoms with Gasteiger partial charge in [-0.1, -0.05) is 13.3 Å². The topological polar surface area (TPSA) is 61.8 Å². The van der Waals surface area contributed by atoms with Gasteiger partial charge in [-0.05, 0) is 27.2 Å². The number of unbranched alkanes of at least 4 members (excludes halogenated alkanes) is 1. The first kappa shape index (κ1) is 17.1. The normalized spacial score (nSPS) is 12.1. The van der Waals surface area contributed by atoms with Crippen molar-refractivity contribution in [2.45, 2.75) is 66.0 Å². The van der Waals surface area contributed by atoms with Crippen molar-refractivity contribution in [3.05, 3.63) is 0 Å². The standard InChI is InChI=1S/C12H24O5Si/c1-7-8-9-18(15-10(2)13,16-11(3)14)17-12(4,5)6/h7-9H2,1-6H3. The Balaban J connectivity index is 5.09. The Hall–Kier alpha value is -0.883. The first-order valence-electron chi connectivity index (χ1n) is 6.19. The predicted molar refractivity (Wildman–Crippen MR) is 69.8 cm³/mol. The fourth-order valence-corrected chi connectivity index (χ4v) is 4.54. The van der Waals surface area contributed by atoms with E-state index >= 15 is 0 Å². The molecule has 18 heavy (non-hydrogen) atoms. The van der Waals surface area contributed by atoms with Crippen LogP contribution in [0.15, 0.2) is 0 Å². The highest BCUT2D eigenvalue weighted by molar-refractivity contribution is 6.64. The fraction of sp³-hybridized carbons (Fsp3) is 0.833. The third-order valence-electron chi connectivity index (χ3n) is 1.90. The maximum Gasteiger partial charge on any atom is 0.636 e. The van der Waals surface area contributed by atoms with Crippen molar-refractivity contribution in [3.8, 4) is 0 Å². The van der Waals surface area contributed by atoms with Crippen molar-refractivity contribution < 1.29 is 22.9 Å². The summed E-state index contributed by atoms with van der Waals surface area (Å²) in [5.74, 6) is -0.966. The summed E-state index contributed by atoms with van der Waals surface area (Å²) >= 11 is 0. The third-order valence-corrected chi connectivity index (χ3v) is 4.98. The van der Waals surface area contributed by atoms with Crippen molar-refractivity contribution in [3.63, 3.8) is 0 Å². The molecule has 0 bridgehead atoms. The van der Waals surface area contributed by atoms with Crippen LogP contribution in [0.5, 0.6) is 0 Å². The molecule has 0 saturated carbocycles. The van der Waals surface area contributed by atoms with Crippen LogP contribution in [0.2, 0.25) is 6.04 Å². The highest BCUT2D eigenvalue weighted by atomic mass is 28.4. The molecular weight excluding hydrogens is 252 g/mol. The van der Waals surface area contributed by atoms with Crippen LogP contribution in [0.1, 0.15) is 54.4 Å². The average Bonchev–Trinajstić information content (AvgIpc) is 2.09. The smallest absolute Gasteiger partial charge is 0.464 e. The molecule has 106 valence electrons. The lowest BCUT2D eigenvalue weighted by molar-refractivity contribution is -0.145. The molecule has 0 aromatic heterocycles. The van der Waals surface area contributed by atoms with Crippen LogP contribution in [-0.4, -0.2) is 26.3 Å². The van der Waals surface area contributed by atoms with Crippen LogP contribution in [-0.2, 0) is 22.9 Å². The zero-order valence-electron chi connectivity index (χ0n) is 12.2. The van der Waals surface area contributed by atoms with Crippen LogP contribution < -0.4 is 0 Å². The zero-order chi connectivity index (χ0) is 14.4. The molecule has 6 heteroatoms. The molecule has 0 aromatic carbocycles. The summed E-state index contributed by atoms with van der Waals surface area (Å²) < 4.78 is 16.3. The Labute approximate surface area is 110 Å². The molecule has 0 fully saturated rings. The average molecular weight is 276 g/mol. The third kappa shape index (κ3) is 7.44. The summed E-state index contributed by atoms with van der Waals surface area (Å²) in [5, 5.41) is 0. The van der Waals surface area contributed by atoms with E-state index in [4.69, 9.17) is 13.3 Å². The van der Waals surface area contributed by atoms with Gasteiger partial charge in [0.2, 0.25) is 0 Å². The van der Waals surface area contributed by atoms with Crippen LogP contribution in [0.25, 0.3) is 0 Å². The number of carbonyl (C=O) groups is 2. The van der Waals surface area contributed by atoms with Gasteiger partial charge < -0.3 is 13.3 Å². The van der Waals surface area contributed by atoms with E-state index in [1.54, 1.807) is 0 Å². The van der Waals surface area contributed by atoms with Crippen molar-refractivity contribution in [1.29, 1.82) is 0 Å². The van der Waals surface area contributed by atoms with Crippen molar-refractivity contribution in [2.24, 2.45) is 0 Å². The monoisotopic (exact) mass is 276 g/mol. The van der Waals surface area contributed by atoms with E-state index in [2.05, 4.69) is 0 Å². The second kappa shape index (κ2) is 6.89. The minimum Gasteiger partial charge on any atom is -0.464 e. The Morgan fingerprint density at radius 2 is 1.50 bits per heavy atom. The van der Waals surface area contributed by atoms with Gasteiger partial charge in [-0.25, -0.2) is 0 Å². The second-order valence-corrected chi connectivity index (χ2v) is 7.67. The van der Waals surface area contributed by atoms with Gasteiger partial charge in [0.25, 0.3) is 11.9 Å². The number of hydrogen-bond acceptors (Lipinski definition) is 5. The molecule has 0 unspecified atom stereocenters. The molecule has 5 nitrogen and oxygen atoms in total. The minimum atomic E-state index is -3.28. The van der Waals surface area contributed by atoms with Gasteiger partial charge in [-0.2, -0.15) is 0 Å². The van der Waals surface area contributed by atoms with E-state index < -0.39 is 26.3 Å². The van der Waals surface area contributed by atoms with E-state index in [0.717, 1.165) is 12.8 Å². The molecule has 0 rings (SSSR count). The highest BCUT2D eigenvalue weighted by Gasteiger charge is 2.50. The van der Waals surface area contributed by atoms with E-state index in [9.17, 15) is 9.59 Å². The molecule has 0 saturated heterocycles. The highest BCUT2D eigenvalue weighted by Crippen LogP contribution is 2.25. The molecule has 0 spiro atoms. The van der Waals surface area contributed by atoms with Gasteiger partial charge in [0.1, 0.15) is 0 Å². The van der Waals surface area contributed by atoms with E-state index in [0.29, 0.717) is 6.04 Å². The zero-order valence-corrected chi connectivity index (χ0v) is 13.2. The summed E-state index contributed by atoms with van der Waals surface area (Å²) in [7, 11) is -3.28. The minimum absolute atomic E-state index is 0.458. The Morgan fingerprint density at radius 1 is 1.06 bits per heavy atom. The van der Waals surface area contributed by atoms with Gasteiger partial charge in [0.05, 0.1) is 5.60 Å². The summed E-state index contributed by atoms with van der Waals surface area (Å²) in [5.41, 5.74) is -0.537. The molecule has 0 aliphatic rings. The molecule has 0 heterocycles. The first-order chi connectivity index (χ1) is 8.10. The van der Waals surface area contributed by atoms with Gasteiger partial charge in [-0.3, -0.25) is 9.59 Å². The summed E-state index contributed by atoms with van der Waals surface area (Å²) in [6.45, 7) is 10.1. The lowest BCUT2D eigenvalue weighted by atomic mass is 10.2. The summed E-state index contributed by atoms with van der Waals surface area (Å²) in [6, 6.07) is 0.458. The van der Waals surface area contributed by atoms with Crippen LogP contribution in [0, 0.1) is 0 Å². The Kier molecular flexibility index (Phi) is 6.55. The van der Waals surface area contributed by atoms with E-state index in [1.165, 1.54) is 13.8 Å². The largest absolute Gasteiger partial charge is 0.636 e. The lowest BCUT2D eigenvalue weighted by Crippen LogP contribution is -2.52. The van der Waals surface area contributed by atoms with E-state index in [-0.39, 0.29) is 0 Å². The van der Waals surface area contributed by atoms with Crippen molar-refractivity contribution in [2.75, 3.05) is 0 Å². The van der Waals surface area contributed by atoms with Crippen molar-refractivity contribution >= 4 is 20.7 Å². The number of hydrogen-bond donors (Lipinski definition) is 0. The predicted octanol–water partition coefficient (Wildman–Crippen LogP) is 2.67. The number of rotatable bonds is 6. The maximum atomic E-state index is 11.2. The second-order valence-electron chi connectivity index (χ2n) is 5.19. The molecular formula is C12H24O5Si.